The van der Waals surface area contributed by atoms with E-state index in [4.69, 9.17) is 16.6 Å². The molecule has 2 fully saturated rings. The molecule has 0 bridgehead atoms. The molecule has 0 unspecified atom stereocenters. The number of pyridine rings is 1. The lowest BCUT2D eigenvalue weighted by molar-refractivity contribution is -0.0169. The van der Waals surface area contributed by atoms with Crippen LogP contribution in [-0.2, 0) is 11.8 Å². The van der Waals surface area contributed by atoms with E-state index in [1.807, 2.05) is 6.07 Å². The fraction of sp³-hybridized carbons (Fsp3) is 0.682. The lowest BCUT2D eigenvalue weighted by Crippen LogP contribution is -2.51. The molecule has 5 rings (SSSR count). The van der Waals surface area contributed by atoms with Gasteiger partial charge in [-0.2, -0.15) is 0 Å². The van der Waals surface area contributed by atoms with E-state index in [1.54, 1.807) is 5.57 Å². The standard InChI is InChI=1S/C22H28ClNO/c1-21-9-7-15(25)12-14(21)4-5-16-17(21)8-10-22(2)18(16)11-13-3-6-19(23)24-20(13)22/h3-4,6,15-18,25H,5,7-12H2,1-2H3/t15-,16+,17-,18-,21-,22-/m0/s1. The molecular formula is C22H28ClNO. The Balaban J connectivity index is 1.54. The zero-order valence-electron chi connectivity index (χ0n) is 15.3. The molecule has 1 heterocycles. The smallest absolute Gasteiger partial charge is 0.129 e. The van der Waals surface area contributed by atoms with E-state index >= 15 is 0 Å². The minimum absolute atomic E-state index is 0.119. The van der Waals surface area contributed by atoms with Crippen LogP contribution in [-0.4, -0.2) is 16.2 Å². The Kier molecular flexibility index (Phi) is 3.48. The summed E-state index contributed by atoms with van der Waals surface area (Å²) in [5.41, 5.74) is 4.76. The molecule has 0 radical (unpaired) electrons. The largest absolute Gasteiger partial charge is 0.393 e. The topological polar surface area (TPSA) is 33.1 Å². The Hall–Kier alpha value is -0.860. The maximum Gasteiger partial charge on any atom is 0.129 e. The van der Waals surface area contributed by atoms with E-state index in [9.17, 15) is 5.11 Å². The number of aliphatic hydroxyl groups excluding tert-OH is 1. The zero-order chi connectivity index (χ0) is 17.4. The van der Waals surface area contributed by atoms with E-state index < -0.39 is 0 Å². The number of rotatable bonds is 0. The summed E-state index contributed by atoms with van der Waals surface area (Å²) in [6, 6.07) is 4.17. The monoisotopic (exact) mass is 357 g/mol. The molecule has 0 saturated heterocycles. The highest BCUT2D eigenvalue weighted by Crippen LogP contribution is 2.63. The molecule has 2 saturated carbocycles. The number of aliphatic hydroxyl groups is 1. The third-order valence-electron chi connectivity index (χ3n) is 8.39. The van der Waals surface area contributed by atoms with Gasteiger partial charge in [0.1, 0.15) is 5.15 Å². The van der Waals surface area contributed by atoms with Gasteiger partial charge in [-0.05, 0) is 79.7 Å². The van der Waals surface area contributed by atoms with Gasteiger partial charge in [-0.15, -0.1) is 0 Å². The van der Waals surface area contributed by atoms with Gasteiger partial charge in [0.25, 0.3) is 0 Å². The van der Waals surface area contributed by atoms with Crippen LogP contribution < -0.4 is 0 Å². The van der Waals surface area contributed by atoms with Crippen LogP contribution in [0.15, 0.2) is 23.8 Å². The van der Waals surface area contributed by atoms with E-state index in [0.717, 1.165) is 31.1 Å². The van der Waals surface area contributed by atoms with Gasteiger partial charge in [0.2, 0.25) is 0 Å². The second kappa shape index (κ2) is 5.33. The highest BCUT2D eigenvalue weighted by Gasteiger charge is 2.57. The molecule has 0 aromatic carbocycles. The first kappa shape index (κ1) is 16.3. The van der Waals surface area contributed by atoms with Crippen molar-refractivity contribution in [3.63, 3.8) is 0 Å². The Morgan fingerprint density at radius 1 is 1.08 bits per heavy atom. The summed E-state index contributed by atoms with van der Waals surface area (Å²) in [6.45, 7) is 4.93. The van der Waals surface area contributed by atoms with Crippen molar-refractivity contribution < 1.29 is 5.11 Å². The van der Waals surface area contributed by atoms with Gasteiger partial charge in [0.15, 0.2) is 0 Å². The first-order chi connectivity index (χ1) is 11.9. The number of halogens is 1. The summed E-state index contributed by atoms with van der Waals surface area (Å²) in [4.78, 5) is 4.77. The average Bonchev–Trinajstić information content (AvgIpc) is 2.88. The fourth-order valence-corrected chi connectivity index (χ4v) is 7.14. The SMILES string of the molecule is C[C@]12CC[C@H](O)CC1=CC[C@@H]1[C@@H]2CC[C@]2(C)c3nc(Cl)ccc3C[C@@H]12. The molecule has 0 amide bonds. The molecule has 6 atom stereocenters. The van der Waals surface area contributed by atoms with Crippen LogP contribution in [0.4, 0.5) is 0 Å². The summed E-state index contributed by atoms with van der Waals surface area (Å²) in [5, 5.41) is 10.8. The van der Waals surface area contributed by atoms with Crippen LogP contribution in [0.2, 0.25) is 5.15 Å². The maximum atomic E-state index is 10.1. The van der Waals surface area contributed by atoms with Gasteiger partial charge in [-0.25, -0.2) is 4.98 Å². The molecule has 0 aliphatic heterocycles. The van der Waals surface area contributed by atoms with Gasteiger partial charge in [0.05, 0.1) is 11.8 Å². The highest BCUT2D eigenvalue weighted by atomic mass is 35.5. The van der Waals surface area contributed by atoms with Crippen molar-refractivity contribution in [1.82, 2.24) is 4.98 Å². The molecule has 0 spiro atoms. The highest BCUT2D eigenvalue weighted by molar-refractivity contribution is 6.29. The lowest BCUT2D eigenvalue weighted by Gasteiger charge is -2.57. The Morgan fingerprint density at radius 3 is 2.72 bits per heavy atom. The molecule has 134 valence electrons. The van der Waals surface area contributed by atoms with Crippen molar-refractivity contribution in [1.29, 1.82) is 0 Å². The van der Waals surface area contributed by atoms with Crippen molar-refractivity contribution in [2.75, 3.05) is 0 Å². The van der Waals surface area contributed by atoms with Gasteiger partial charge in [-0.3, -0.25) is 0 Å². The van der Waals surface area contributed by atoms with Crippen molar-refractivity contribution in [3.8, 4) is 0 Å². The van der Waals surface area contributed by atoms with Crippen molar-refractivity contribution in [2.24, 2.45) is 23.2 Å². The normalized spacial score (nSPS) is 45.0. The summed E-state index contributed by atoms with van der Waals surface area (Å²) < 4.78 is 0. The van der Waals surface area contributed by atoms with Crippen LogP contribution in [0.3, 0.4) is 0 Å². The Bertz CT molecular complexity index is 758. The first-order valence-corrected chi connectivity index (χ1v) is 10.3. The second-order valence-electron chi connectivity index (χ2n) is 9.46. The van der Waals surface area contributed by atoms with E-state index in [0.29, 0.717) is 16.5 Å². The molecule has 4 aliphatic carbocycles. The second-order valence-corrected chi connectivity index (χ2v) is 9.85. The zero-order valence-corrected chi connectivity index (χ0v) is 16.0. The number of aromatic nitrogens is 1. The average molecular weight is 358 g/mol. The molecule has 25 heavy (non-hydrogen) atoms. The van der Waals surface area contributed by atoms with E-state index in [2.05, 4.69) is 26.0 Å². The predicted octanol–water partition coefficient (Wildman–Crippen LogP) is 5.07. The molecule has 1 aromatic rings. The summed E-state index contributed by atoms with van der Waals surface area (Å²) in [5.74, 6) is 2.20. The van der Waals surface area contributed by atoms with Crippen LogP contribution in [0, 0.1) is 23.2 Å². The number of fused-ring (bicyclic) bond motifs is 7. The maximum absolute atomic E-state index is 10.1. The van der Waals surface area contributed by atoms with Gasteiger partial charge < -0.3 is 5.11 Å². The lowest BCUT2D eigenvalue weighted by atomic mass is 9.48. The van der Waals surface area contributed by atoms with E-state index in [1.165, 1.54) is 36.9 Å². The van der Waals surface area contributed by atoms with Gasteiger partial charge in [0, 0.05) is 5.41 Å². The number of allylic oxidation sites excluding steroid dienone is 1. The van der Waals surface area contributed by atoms with Crippen molar-refractivity contribution >= 4 is 11.6 Å². The Morgan fingerprint density at radius 2 is 1.88 bits per heavy atom. The molecule has 1 aromatic heterocycles. The van der Waals surface area contributed by atoms with Gasteiger partial charge in [-0.1, -0.05) is 43.2 Å². The van der Waals surface area contributed by atoms with E-state index in [-0.39, 0.29) is 11.5 Å². The van der Waals surface area contributed by atoms with Crippen LogP contribution >= 0.6 is 11.6 Å². The first-order valence-electron chi connectivity index (χ1n) is 9.95. The molecule has 1 N–H and O–H groups in total. The minimum Gasteiger partial charge on any atom is -0.393 e. The molecule has 3 heteroatoms. The number of nitrogens with zero attached hydrogens (tertiary/aromatic N) is 1. The molecule has 4 aliphatic rings. The minimum atomic E-state index is -0.119. The Labute approximate surface area is 155 Å². The van der Waals surface area contributed by atoms with Crippen molar-refractivity contribution in [3.05, 3.63) is 40.2 Å². The third-order valence-corrected chi connectivity index (χ3v) is 8.60. The third kappa shape index (κ3) is 2.16. The molecular weight excluding hydrogens is 330 g/mol. The number of hydrogen-bond acceptors (Lipinski definition) is 2. The van der Waals surface area contributed by atoms with Crippen LogP contribution in [0.5, 0.6) is 0 Å². The van der Waals surface area contributed by atoms with Crippen LogP contribution in [0.25, 0.3) is 0 Å². The summed E-state index contributed by atoms with van der Waals surface area (Å²) in [7, 11) is 0. The quantitative estimate of drug-likeness (QED) is 0.519. The fourth-order valence-electron chi connectivity index (χ4n) is 6.99. The van der Waals surface area contributed by atoms with Crippen molar-refractivity contribution in [2.45, 2.75) is 70.3 Å². The summed E-state index contributed by atoms with van der Waals surface area (Å²) in [6.07, 6.45) is 10.3. The predicted molar refractivity (Wildman–Crippen MR) is 101 cm³/mol. The summed E-state index contributed by atoms with van der Waals surface area (Å²) >= 11 is 6.24. The number of hydrogen-bond donors (Lipinski definition) is 1. The van der Waals surface area contributed by atoms with Crippen LogP contribution in [0.1, 0.15) is 63.6 Å². The van der Waals surface area contributed by atoms with Gasteiger partial charge >= 0.3 is 0 Å². The molecule has 2 nitrogen and oxygen atoms in total.